The van der Waals surface area contributed by atoms with Crippen molar-refractivity contribution in [2.45, 2.75) is 6.54 Å². The van der Waals surface area contributed by atoms with E-state index in [0.717, 1.165) is 42.2 Å². The molecule has 1 fully saturated rings. The highest BCUT2D eigenvalue weighted by Crippen LogP contribution is 2.28. The zero-order valence-electron chi connectivity index (χ0n) is 13.9. The van der Waals surface area contributed by atoms with Gasteiger partial charge in [0.1, 0.15) is 17.0 Å². The van der Waals surface area contributed by atoms with Crippen LogP contribution in [-0.4, -0.2) is 52.1 Å². The minimum atomic E-state index is -0.943. The molecule has 3 heterocycles. The summed E-state index contributed by atoms with van der Waals surface area (Å²) in [4.78, 5) is 25.7. The second-order valence-corrected chi connectivity index (χ2v) is 7.47. The molecule has 3 aromatic rings. The van der Waals surface area contributed by atoms with Crippen LogP contribution in [0.5, 0.6) is 0 Å². The Kier molecular flexibility index (Phi) is 4.76. The van der Waals surface area contributed by atoms with E-state index in [-0.39, 0.29) is 5.56 Å². The van der Waals surface area contributed by atoms with E-state index >= 15 is 0 Å². The maximum atomic E-state index is 11.5. The lowest BCUT2D eigenvalue weighted by molar-refractivity contribution is 0.0694. The minimum absolute atomic E-state index is 0.274. The molecule has 1 aromatic carbocycles. The quantitative estimate of drug-likeness (QED) is 0.739. The van der Waals surface area contributed by atoms with Gasteiger partial charge >= 0.3 is 5.97 Å². The fraction of sp³-hybridized carbons (Fsp3) is 0.278. The van der Waals surface area contributed by atoms with Gasteiger partial charge in [0, 0.05) is 37.7 Å². The summed E-state index contributed by atoms with van der Waals surface area (Å²) in [6.07, 6.45) is 1.61. The minimum Gasteiger partial charge on any atom is -0.478 e. The fourth-order valence-electron chi connectivity index (χ4n) is 3.29. The molecule has 1 saturated heterocycles. The molecule has 0 saturated carbocycles. The normalized spacial score (nSPS) is 15.5. The molecule has 0 amide bonds. The molecule has 1 N–H and O–H groups in total. The Balaban J connectivity index is 1.48. The molecule has 0 aliphatic carbocycles. The Labute approximate surface area is 159 Å². The maximum absolute atomic E-state index is 11.5. The third-order valence-corrected chi connectivity index (χ3v) is 5.82. The van der Waals surface area contributed by atoms with Gasteiger partial charge in [0.15, 0.2) is 0 Å². The van der Waals surface area contributed by atoms with Crippen LogP contribution >= 0.6 is 22.9 Å². The lowest BCUT2D eigenvalue weighted by atomic mass is 10.1. The average molecular weight is 389 g/mol. The molecule has 2 aromatic heterocycles. The number of anilines is 1. The molecule has 26 heavy (non-hydrogen) atoms. The first-order valence-electron chi connectivity index (χ1n) is 8.29. The molecular weight excluding hydrogens is 372 g/mol. The van der Waals surface area contributed by atoms with Gasteiger partial charge in [-0.05, 0) is 29.1 Å². The van der Waals surface area contributed by atoms with Crippen molar-refractivity contribution in [1.82, 2.24) is 14.9 Å². The Morgan fingerprint density at radius 3 is 2.77 bits per heavy atom. The molecule has 4 rings (SSSR count). The fourth-order valence-corrected chi connectivity index (χ4v) is 4.25. The summed E-state index contributed by atoms with van der Waals surface area (Å²) in [5.41, 5.74) is 0.952. The van der Waals surface area contributed by atoms with E-state index in [4.69, 9.17) is 11.6 Å². The molecular formula is C18H17ClN4O2S. The highest BCUT2D eigenvalue weighted by atomic mass is 35.5. The number of hydrogen-bond acceptors (Lipinski definition) is 6. The molecule has 8 heteroatoms. The number of halogens is 1. The second kappa shape index (κ2) is 7.19. The predicted molar refractivity (Wildman–Crippen MR) is 103 cm³/mol. The summed E-state index contributed by atoms with van der Waals surface area (Å²) in [6, 6.07) is 7.08. The smallest absolute Gasteiger partial charge is 0.336 e. The van der Waals surface area contributed by atoms with Gasteiger partial charge in [0.2, 0.25) is 0 Å². The second-order valence-electron chi connectivity index (χ2n) is 6.17. The van der Waals surface area contributed by atoms with Crippen molar-refractivity contribution in [2.24, 2.45) is 0 Å². The van der Waals surface area contributed by atoms with Crippen molar-refractivity contribution < 1.29 is 9.90 Å². The van der Waals surface area contributed by atoms with Crippen LogP contribution in [0.4, 0.5) is 5.82 Å². The van der Waals surface area contributed by atoms with Gasteiger partial charge in [0.25, 0.3) is 0 Å². The van der Waals surface area contributed by atoms with Crippen molar-refractivity contribution >= 4 is 44.9 Å². The molecule has 1 aliphatic heterocycles. The average Bonchev–Trinajstić information content (AvgIpc) is 3.12. The summed E-state index contributed by atoms with van der Waals surface area (Å²) >= 11 is 7.87. The first kappa shape index (κ1) is 17.2. The van der Waals surface area contributed by atoms with Gasteiger partial charge in [-0.3, -0.25) is 4.90 Å². The number of nitrogens with zero attached hydrogens (tertiary/aromatic N) is 4. The molecule has 134 valence electrons. The molecule has 0 radical (unpaired) electrons. The van der Waals surface area contributed by atoms with Gasteiger partial charge in [-0.15, -0.1) is 11.3 Å². The van der Waals surface area contributed by atoms with Crippen LogP contribution in [0.15, 0.2) is 36.0 Å². The van der Waals surface area contributed by atoms with Gasteiger partial charge in [-0.1, -0.05) is 17.7 Å². The monoisotopic (exact) mass is 388 g/mol. The van der Waals surface area contributed by atoms with Gasteiger partial charge < -0.3 is 10.0 Å². The van der Waals surface area contributed by atoms with E-state index in [0.29, 0.717) is 17.1 Å². The third kappa shape index (κ3) is 3.25. The first-order valence-corrected chi connectivity index (χ1v) is 9.55. The van der Waals surface area contributed by atoms with Gasteiger partial charge in [0.05, 0.1) is 10.9 Å². The molecule has 0 spiro atoms. The highest BCUT2D eigenvalue weighted by molar-refractivity contribution is 7.16. The van der Waals surface area contributed by atoms with Crippen molar-refractivity contribution in [3.8, 4) is 0 Å². The van der Waals surface area contributed by atoms with Crippen molar-refractivity contribution in [3.05, 3.63) is 52.1 Å². The summed E-state index contributed by atoms with van der Waals surface area (Å²) in [5.74, 6) is 0.0295. The number of benzene rings is 1. The Morgan fingerprint density at radius 1 is 1.19 bits per heavy atom. The number of aromatic carboxylic acids is 1. The number of piperazine rings is 1. The molecule has 0 bridgehead atoms. The van der Waals surface area contributed by atoms with Crippen LogP contribution in [0.2, 0.25) is 5.02 Å². The van der Waals surface area contributed by atoms with E-state index < -0.39 is 5.97 Å². The van der Waals surface area contributed by atoms with Crippen LogP contribution in [0, 0.1) is 0 Å². The van der Waals surface area contributed by atoms with Crippen molar-refractivity contribution in [3.63, 3.8) is 0 Å². The van der Waals surface area contributed by atoms with Crippen LogP contribution in [0.1, 0.15) is 15.9 Å². The summed E-state index contributed by atoms with van der Waals surface area (Å²) in [5, 5.41) is 13.0. The summed E-state index contributed by atoms with van der Waals surface area (Å²) < 4.78 is 0. The maximum Gasteiger partial charge on any atom is 0.336 e. The molecule has 6 nitrogen and oxygen atoms in total. The predicted octanol–water partition coefficient (Wildman–Crippen LogP) is 3.37. The van der Waals surface area contributed by atoms with E-state index in [1.165, 1.54) is 0 Å². The third-order valence-electron chi connectivity index (χ3n) is 4.64. The van der Waals surface area contributed by atoms with Crippen molar-refractivity contribution in [1.29, 1.82) is 0 Å². The van der Waals surface area contributed by atoms with Crippen LogP contribution < -0.4 is 4.90 Å². The Hall–Kier alpha value is -2.22. The largest absolute Gasteiger partial charge is 0.478 e. The van der Waals surface area contributed by atoms with Gasteiger partial charge in [-0.25, -0.2) is 14.8 Å². The van der Waals surface area contributed by atoms with Crippen LogP contribution in [-0.2, 0) is 6.54 Å². The number of carboxylic acids is 1. The van der Waals surface area contributed by atoms with E-state index in [1.54, 1.807) is 35.9 Å². The number of aromatic nitrogens is 2. The Morgan fingerprint density at radius 2 is 2.00 bits per heavy atom. The summed E-state index contributed by atoms with van der Waals surface area (Å²) in [6.45, 7) is 3.83. The number of carbonyl (C=O) groups is 1. The van der Waals surface area contributed by atoms with E-state index in [9.17, 15) is 9.90 Å². The van der Waals surface area contributed by atoms with E-state index in [1.807, 2.05) is 5.38 Å². The Bertz CT molecular complexity index is 953. The van der Waals surface area contributed by atoms with Gasteiger partial charge in [-0.2, -0.15) is 0 Å². The number of hydrogen-bond donors (Lipinski definition) is 1. The number of thiophene rings is 1. The van der Waals surface area contributed by atoms with Crippen LogP contribution in [0.3, 0.4) is 0 Å². The van der Waals surface area contributed by atoms with Crippen LogP contribution in [0.25, 0.3) is 10.2 Å². The van der Waals surface area contributed by atoms with Crippen molar-refractivity contribution in [2.75, 3.05) is 31.1 Å². The van der Waals surface area contributed by atoms with E-state index in [2.05, 4.69) is 25.8 Å². The summed E-state index contributed by atoms with van der Waals surface area (Å²) in [7, 11) is 0. The molecule has 1 aliphatic rings. The number of rotatable bonds is 4. The molecule has 0 atom stereocenters. The standard InChI is InChI=1S/C18H17ClN4O2S/c19-15-3-1-2-12(18(24)25)14(15)10-22-5-7-23(8-6-22)16-13-4-9-26-17(13)21-11-20-16/h1-4,9,11H,5-8,10H2,(H,24,25). The first-order chi connectivity index (χ1) is 12.6. The topological polar surface area (TPSA) is 69.6 Å². The lowest BCUT2D eigenvalue weighted by Crippen LogP contribution is -2.46. The number of fused-ring (bicyclic) bond motifs is 1. The molecule has 0 unspecified atom stereocenters. The highest BCUT2D eigenvalue weighted by Gasteiger charge is 2.22. The number of carboxylic acid groups (broad SMARTS) is 1. The lowest BCUT2D eigenvalue weighted by Gasteiger charge is -2.35. The zero-order valence-corrected chi connectivity index (χ0v) is 15.5. The zero-order chi connectivity index (χ0) is 18.1. The SMILES string of the molecule is O=C(O)c1cccc(Cl)c1CN1CCN(c2ncnc3sccc23)CC1.